The van der Waals surface area contributed by atoms with Gasteiger partial charge in [0.05, 0.1) is 19.8 Å². The Bertz CT molecular complexity index is 518. The molecule has 0 radical (unpaired) electrons. The van der Waals surface area contributed by atoms with Crippen LogP contribution in [0.1, 0.15) is 0 Å². The molecule has 2 heterocycles. The predicted molar refractivity (Wildman–Crippen MR) is 81.3 cm³/mol. The van der Waals surface area contributed by atoms with Crippen molar-refractivity contribution in [3.63, 3.8) is 0 Å². The average molecular weight is 307 g/mol. The van der Waals surface area contributed by atoms with Crippen LogP contribution < -0.4 is 20.1 Å². The molecule has 0 spiro atoms. The number of amides is 1. The van der Waals surface area contributed by atoms with Crippen LogP contribution >= 0.6 is 0 Å². The van der Waals surface area contributed by atoms with E-state index in [9.17, 15) is 4.79 Å². The van der Waals surface area contributed by atoms with E-state index in [1.54, 1.807) is 0 Å². The van der Waals surface area contributed by atoms with Crippen LogP contribution in [0.3, 0.4) is 0 Å². The lowest BCUT2D eigenvalue weighted by atomic mass is 10.3. The summed E-state index contributed by atoms with van der Waals surface area (Å²) >= 11 is 0. The standard InChI is InChI=1S/C15H21N3O4/c19-15(16-3-4-18-5-7-20-8-6-18)10-17-12-1-2-13-14(9-12)22-11-21-13/h1-2,9,17H,3-8,10-11H2,(H,16,19). The van der Waals surface area contributed by atoms with Crippen molar-refractivity contribution in [2.75, 3.05) is 58.0 Å². The molecule has 2 aliphatic heterocycles. The number of carbonyl (C=O) groups excluding carboxylic acids is 1. The molecule has 0 aromatic heterocycles. The maximum absolute atomic E-state index is 11.8. The molecule has 1 aromatic rings. The summed E-state index contributed by atoms with van der Waals surface area (Å²) in [6, 6.07) is 5.54. The highest BCUT2D eigenvalue weighted by Gasteiger charge is 2.13. The number of benzene rings is 1. The second-order valence-electron chi connectivity index (χ2n) is 5.23. The predicted octanol–water partition coefficient (Wildman–Crippen LogP) is 0.276. The molecule has 2 N–H and O–H groups in total. The molecule has 3 rings (SSSR count). The molecule has 0 bridgehead atoms. The van der Waals surface area contributed by atoms with Gasteiger partial charge in [-0.1, -0.05) is 0 Å². The van der Waals surface area contributed by atoms with E-state index < -0.39 is 0 Å². The summed E-state index contributed by atoms with van der Waals surface area (Å²) in [6.07, 6.45) is 0. The van der Waals surface area contributed by atoms with Crippen molar-refractivity contribution in [1.82, 2.24) is 10.2 Å². The number of nitrogens with zero attached hydrogens (tertiary/aromatic N) is 1. The summed E-state index contributed by atoms with van der Waals surface area (Å²) in [5.74, 6) is 1.42. The minimum Gasteiger partial charge on any atom is -0.454 e. The Balaban J connectivity index is 1.35. The van der Waals surface area contributed by atoms with Crippen molar-refractivity contribution < 1.29 is 19.0 Å². The zero-order chi connectivity index (χ0) is 15.2. The van der Waals surface area contributed by atoms with Gasteiger partial charge in [-0.3, -0.25) is 9.69 Å². The number of fused-ring (bicyclic) bond motifs is 1. The molecule has 0 unspecified atom stereocenters. The van der Waals surface area contributed by atoms with Crippen molar-refractivity contribution in [2.24, 2.45) is 0 Å². The molecule has 2 aliphatic rings. The third kappa shape index (κ3) is 4.02. The normalized spacial score (nSPS) is 17.3. The van der Waals surface area contributed by atoms with Gasteiger partial charge in [-0.25, -0.2) is 0 Å². The van der Waals surface area contributed by atoms with E-state index in [4.69, 9.17) is 14.2 Å². The first kappa shape index (κ1) is 14.9. The molecule has 1 amide bonds. The minimum atomic E-state index is -0.0223. The van der Waals surface area contributed by atoms with Crippen molar-refractivity contribution in [1.29, 1.82) is 0 Å². The van der Waals surface area contributed by atoms with Crippen molar-refractivity contribution in [3.05, 3.63) is 18.2 Å². The first-order chi connectivity index (χ1) is 10.8. The maximum Gasteiger partial charge on any atom is 0.239 e. The smallest absolute Gasteiger partial charge is 0.239 e. The lowest BCUT2D eigenvalue weighted by Crippen LogP contribution is -2.42. The topological polar surface area (TPSA) is 72.1 Å². The zero-order valence-corrected chi connectivity index (χ0v) is 12.5. The van der Waals surface area contributed by atoms with Crippen molar-refractivity contribution >= 4 is 11.6 Å². The van der Waals surface area contributed by atoms with Gasteiger partial charge in [0.25, 0.3) is 0 Å². The fourth-order valence-electron chi connectivity index (χ4n) is 2.43. The summed E-state index contributed by atoms with van der Waals surface area (Å²) in [5.41, 5.74) is 0.840. The molecule has 22 heavy (non-hydrogen) atoms. The molecule has 0 saturated carbocycles. The van der Waals surface area contributed by atoms with E-state index in [2.05, 4.69) is 15.5 Å². The Morgan fingerprint density at radius 3 is 2.86 bits per heavy atom. The highest BCUT2D eigenvalue weighted by Crippen LogP contribution is 2.34. The Morgan fingerprint density at radius 1 is 1.18 bits per heavy atom. The monoisotopic (exact) mass is 307 g/mol. The van der Waals surface area contributed by atoms with Gasteiger partial charge in [0.2, 0.25) is 12.7 Å². The molecule has 7 nitrogen and oxygen atoms in total. The first-order valence-corrected chi connectivity index (χ1v) is 7.51. The van der Waals surface area contributed by atoms with Crippen molar-refractivity contribution in [2.45, 2.75) is 0 Å². The van der Waals surface area contributed by atoms with Gasteiger partial charge in [0.15, 0.2) is 11.5 Å². The quantitative estimate of drug-likeness (QED) is 0.786. The molecule has 1 fully saturated rings. The van der Waals surface area contributed by atoms with E-state index in [-0.39, 0.29) is 19.2 Å². The fraction of sp³-hybridized carbons (Fsp3) is 0.533. The third-order valence-electron chi connectivity index (χ3n) is 3.68. The summed E-state index contributed by atoms with van der Waals surface area (Å²) in [6.45, 7) is 5.43. The van der Waals surface area contributed by atoms with Crippen LogP contribution in [0.2, 0.25) is 0 Å². The zero-order valence-electron chi connectivity index (χ0n) is 12.5. The lowest BCUT2D eigenvalue weighted by molar-refractivity contribution is -0.119. The van der Waals surface area contributed by atoms with Crippen LogP contribution in [0.15, 0.2) is 18.2 Å². The van der Waals surface area contributed by atoms with Gasteiger partial charge in [0, 0.05) is 37.9 Å². The average Bonchev–Trinajstić information content (AvgIpc) is 3.01. The van der Waals surface area contributed by atoms with Gasteiger partial charge in [-0.2, -0.15) is 0 Å². The molecule has 120 valence electrons. The molecule has 7 heteroatoms. The second kappa shape index (κ2) is 7.33. The highest BCUT2D eigenvalue weighted by atomic mass is 16.7. The van der Waals surface area contributed by atoms with Crippen LogP contribution in [0.25, 0.3) is 0 Å². The molecular formula is C15H21N3O4. The highest BCUT2D eigenvalue weighted by molar-refractivity contribution is 5.80. The van der Waals surface area contributed by atoms with Gasteiger partial charge in [-0.05, 0) is 12.1 Å². The number of hydrogen-bond acceptors (Lipinski definition) is 6. The van der Waals surface area contributed by atoms with Crippen LogP contribution in [0.5, 0.6) is 11.5 Å². The molecule has 1 saturated heterocycles. The second-order valence-corrected chi connectivity index (χ2v) is 5.23. The van der Waals surface area contributed by atoms with Crippen LogP contribution in [-0.2, 0) is 9.53 Å². The number of ether oxygens (including phenoxy) is 3. The molecular weight excluding hydrogens is 286 g/mol. The summed E-state index contributed by atoms with van der Waals surface area (Å²) in [7, 11) is 0. The summed E-state index contributed by atoms with van der Waals surface area (Å²) in [4.78, 5) is 14.1. The Kier molecular flexibility index (Phi) is 4.97. The first-order valence-electron chi connectivity index (χ1n) is 7.51. The van der Waals surface area contributed by atoms with E-state index in [0.29, 0.717) is 12.3 Å². The molecule has 0 aliphatic carbocycles. The van der Waals surface area contributed by atoms with Crippen LogP contribution in [-0.4, -0.2) is 63.5 Å². The third-order valence-corrected chi connectivity index (χ3v) is 3.68. The Labute approximate surface area is 129 Å². The van der Waals surface area contributed by atoms with Crippen LogP contribution in [0, 0.1) is 0 Å². The number of hydrogen-bond donors (Lipinski definition) is 2. The molecule has 0 atom stereocenters. The number of anilines is 1. The van der Waals surface area contributed by atoms with Gasteiger partial charge in [-0.15, -0.1) is 0 Å². The van der Waals surface area contributed by atoms with E-state index in [0.717, 1.165) is 44.3 Å². The van der Waals surface area contributed by atoms with E-state index in [1.807, 2.05) is 18.2 Å². The van der Waals surface area contributed by atoms with E-state index in [1.165, 1.54) is 0 Å². The maximum atomic E-state index is 11.8. The Morgan fingerprint density at radius 2 is 2.00 bits per heavy atom. The lowest BCUT2D eigenvalue weighted by Gasteiger charge is -2.26. The number of carbonyl (C=O) groups is 1. The summed E-state index contributed by atoms with van der Waals surface area (Å²) in [5, 5.41) is 5.99. The summed E-state index contributed by atoms with van der Waals surface area (Å²) < 4.78 is 15.8. The van der Waals surface area contributed by atoms with E-state index >= 15 is 0 Å². The Hall–Kier alpha value is -1.99. The van der Waals surface area contributed by atoms with Gasteiger partial charge >= 0.3 is 0 Å². The number of morpholine rings is 1. The molecule has 1 aromatic carbocycles. The minimum absolute atomic E-state index is 0.0223. The van der Waals surface area contributed by atoms with Gasteiger partial charge < -0.3 is 24.8 Å². The largest absolute Gasteiger partial charge is 0.454 e. The van der Waals surface area contributed by atoms with Gasteiger partial charge in [0.1, 0.15) is 0 Å². The number of nitrogens with one attached hydrogen (secondary N) is 2. The number of rotatable bonds is 6. The van der Waals surface area contributed by atoms with Crippen LogP contribution in [0.4, 0.5) is 5.69 Å². The fourth-order valence-corrected chi connectivity index (χ4v) is 2.43. The SMILES string of the molecule is O=C(CNc1ccc2c(c1)OCO2)NCCN1CCOCC1. The van der Waals surface area contributed by atoms with Crippen molar-refractivity contribution in [3.8, 4) is 11.5 Å².